The Bertz CT molecular complexity index is 1030. The van der Waals surface area contributed by atoms with Gasteiger partial charge in [0.05, 0.1) is 11.1 Å². The first-order chi connectivity index (χ1) is 16.2. The van der Waals surface area contributed by atoms with Crippen molar-refractivity contribution in [2.45, 2.75) is 51.4 Å². The molecule has 3 amide bonds. The molecule has 190 valence electrons. The van der Waals surface area contributed by atoms with Gasteiger partial charge in [-0.15, -0.1) is 0 Å². The standard InChI is InChI=1S/C23H23F6N3O3/c1-13(2)14-6-8-18(9-7-14)30-19(33)4-3-5-20(34)31-32-21(35)15-10-16(22(24,25)26)12-17(11-15)23(27,28)29/h6-13H,3-5H2,1-2H3,(H,30,33)(H,31,34)(H,32,35). The second kappa shape index (κ2) is 11.2. The number of hydrogen-bond acceptors (Lipinski definition) is 3. The van der Waals surface area contributed by atoms with Crippen molar-refractivity contribution in [1.82, 2.24) is 10.9 Å². The summed E-state index contributed by atoms with van der Waals surface area (Å²) in [6.07, 6.45) is -10.4. The fourth-order valence-corrected chi connectivity index (χ4v) is 2.93. The maximum atomic E-state index is 12.9. The molecule has 0 bridgehead atoms. The second-order valence-electron chi connectivity index (χ2n) is 7.98. The molecule has 0 unspecified atom stereocenters. The minimum Gasteiger partial charge on any atom is -0.326 e. The van der Waals surface area contributed by atoms with E-state index in [0.29, 0.717) is 11.6 Å². The van der Waals surface area contributed by atoms with Gasteiger partial charge in [-0.2, -0.15) is 26.3 Å². The summed E-state index contributed by atoms with van der Waals surface area (Å²) in [6.45, 7) is 4.06. The van der Waals surface area contributed by atoms with Gasteiger partial charge in [0, 0.05) is 24.1 Å². The Kier molecular flexibility index (Phi) is 8.88. The second-order valence-corrected chi connectivity index (χ2v) is 7.98. The van der Waals surface area contributed by atoms with Gasteiger partial charge in [0.1, 0.15) is 0 Å². The van der Waals surface area contributed by atoms with Gasteiger partial charge in [-0.1, -0.05) is 26.0 Å². The number of rotatable bonds is 7. The molecular formula is C23H23F6N3O3. The largest absolute Gasteiger partial charge is 0.416 e. The minimum absolute atomic E-state index is 0.0319. The van der Waals surface area contributed by atoms with Crippen LogP contribution in [0.3, 0.4) is 0 Å². The maximum Gasteiger partial charge on any atom is 0.416 e. The number of nitrogens with one attached hydrogen (secondary N) is 3. The Morgan fingerprint density at radius 1 is 0.771 bits per heavy atom. The molecule has 0 radical (unpaired) electrons. The number of hydrogen-bond donors (Lipinski definition) is 3. The third kappa shape index (κ3) is 8.62. The molecule has 0 saturated heterocycles. The van der Waals surface area contributed by atoms with Gasteiger partial charge in [-0.3, -0.25) is 25.2 Å². The molecule has 35 heavy (non-hydrogen) atoms. The van der Waals surface area contributed by atoms with Crippen LogP contribution in [-0.2, 0) is 21.9 Å². The average molecular weight is 503 g/mol. The van der Waals surface area contributed by atoms with Gasteiger partial charge in [-0.25, -0.2) is 0 Å². The predicted molar refractivity (Wildman–Crippen MR) is 115 cm³/mol. The van der Waals surface area contributed by atoms with Crippen LogP contribution in [0.2, 0.25) is 0 Å². The molecule has 12 heteroatoms. The molecule has 0 aliphatic carbocycles. The quantitative estimate of drug-likeness (QED) is 0.349. The lowest BCUT2D eigenvalue weighted by molar-refractivity contribution is -0.143. The van der Waals surface area contributed by atoms with E-state index in [0.717, 1.165) is 5.56 Å². The monoisotopic (exact) mass is 503 g/mol. The van der Waals surface area contributed by atoms with E-state index >= 15 is 0 Å². The van der Waals surface area contributed by atoms with Crippen molar-refractivity contribution in [3.8, 4) is 0 Å². The highest BCUT2D eigenvalue weighted by atomic mass is 19.4. The molecule has 0 aliphatic heterocycles. The van der Waals surface area contributed by atoms with Crippen LogP contribution in [0, 0.1) is 0 Å². The molecule has 3 N–H and O–H groups in total. The lowest BCUT2D eigenvalue weighted by Gasteiger charge is -2.14. The molecule has 2 aromatic carbocycles. The van der Waals surface area contributed by atoms with E-state index in [1.165, 1.54) is 0 Å². The normalized spacial score (nSPS) is 11.8. The summed E-state index contributed by atoms with van der Waals surface area (Å²) in [7, 11) is 0. The first-order valence-corrected chi connectivity index (χ1v) is 10.5. The summed E-state index contributed by atoms with van der Waals surface area (Å²) in [6, 6.07) is 7.61. The fraction of sp³-hybridized carbons (Fsp3) is 0.348. The number of halogens is 6. The lowest BCUT2D eigenvalue weighted by atomic mass is 10.0. The number of hydrazine groups is 1. The summed E-state index contributed by atoms with van der Waals surface area (Å²) < 4.78 is 77.4. The van der Waals surface area contributed by atoms with Crippen molar-refractivity contribution in [3.63, 3.8) is 0 Å². The highest BCUT2D eigenvalue weighted by molar-refractivity contribution is 5.96. The van der Waals surface area contributed by atoms with E-state index in [2.05, 4.69) is 5.32 Å². The Labute approximate surface area is 197 Å². The van der Waals surface area contributed by atoms with Crippen molar-refractivity contribution in [3.05, 3.63) is 64.7 Å². The number of anilines is 1. The van der Waals surface area contributed by atoms with Crippen LogP contribution < -0.4 is 16.2 Å². The number of carbonyl (C=O) groups is 3. The van der Waals surface area contributed by atoms with Crippen LogP contribution in [0.5, 0.6) is 0 Å². The molecule has 2 rings (SSSR count). The predicted octanol–water partition coefficient (Wildman–Crippen LogP) is 5.42. The van der Waals surface area contributed by atoms with Gasteiger partial charge in [0.2, 0.25) is 11.8 Å². The van der Waals surface area contributed by atoms with Crippen LogP contribution in [0.1, 0.15) is 66.1 Å². The number of carbonyl (C=O) groups excluding carboxylic acids is 3. The Morgan fingerprint density at radius 2 is 1.29 bits per heavy atom. The Morgan fingerprint density at radius 3 is 1.77 bits per heavy atom. The summed E-state index contributed by atoms with van der Waals surface area (Å²) in [5.74, 6) is -2.17. The molecule has 2 aromatic rings. The van der Waals surface area contributed by atoms with E-state index in [1.807, 2.05) is 31.4 Å². The molecule has 0 aromatic heterocycles. The first-order valence-electron chi connectivity index (χ1n) is 10.5. The SMILES string of the molecule is CC(C)c1ccc(NC(=O)CCCC(=O)NNC(=O)c2cc(C(F)(F)F)cc(C(F)(F)F)c2)cc1. The summed E-state index contributed by atoms with van der Waals surface area (Å²) in [5.41, 5.74) is 1.10. The molecule has 0 saturated carbocycles. The highest BCUT2D eigenvalue weighted by Crippen LogP contribution is 2.36. The van der Waals surface area contributed by atoms with Crippen molar-refractivity contribution >= 4 is 23.4 Å². The van der Waals surface area contributed by atoms with Crippen LogP contribution >= 0.6 is 0 Å². The molecule has 0 fully saturated rings. The number of amides is 3. The summed E-state index contributed by atoms with van der Waals surface area (Å²) in [5, 5.41) is 2.66. The van der Waals surface area contributed by atoms with Crippen molar-refractivity contribution in [1.29, 1.82) is 0 Å². The van der Waals surface area contributed by atoms with Gasteiger partial charge < -0.3 is 5.32 Å². The fourth-order valence-electron chi connectivity index (χ4n) is 2.93. The van der Waals surface area contributed by atoms with Crippen LogP contribution in [-0.4, -0.2) is 17.7 Å². The van der Waals surface area contributed by atoms with Crippen LogP contribution in [0.25, 0.3) is 0 Å². The molecular weight excluding hydrogens is 480 g/mol. The van der Waals surface area contributed by atoms with E-state index < -0.39 is 40.9 Å². The van der Waals surface area contributed by atoms with Gasteiger partial charge in [-0.05, 0) is 48.2 Å². The lowest BCUT2D eigenvalue weighted by Crippen LogP contribution is -2.41. The zero-order chi connectivity index (χ0) is 26.4. The van der Waals surface area contributed by atoms with Gasteiger partial charge in [0.15, 0.2) is 0 Å². The number of alkyl halides is 6. The zero-order valence-corrected chi connectivity index (χ0v) is 18.7. The molecule has 0 spiro atoms. The van der Waals surface area contributed by atoms with Gasteiger partial charge >= 0.3 is 12.4 Å². The third-order valence-corrected chi connectivity index (χ3v) is 4.83. The zero-order valence-electron chi connectivity index (χ0n) is 18.7. The highest BCUT2D eigenvalue weighted by Gasteiger charge is 2.37. The maximum absolute atomic E-state index is 12.9. The molecule has 6 nitrogen and oxygen atoms in total. The van der Waals surface area contributed by atoms with E-state index in [4.69, 9.17) is 0 Å². The molecule has 0 aliphatic rings. The van der Waals surface area contributed by atoms with Crippen molar-refractivity contribution < 1.29 is 40.7 Å². The Balaban J connectivity index is 1.85. The van der Waals surface area contributed by atoms with Crippen molar-refractivity contribution in [2.24, 2.45) is 0 Å². The molecule has 0 heterocycles. The smallest absolute Gasteiger partial charge is 0.326 e. The van der Waals surface area contributed by atoms with E-state index in [9.17, 15) is 40.7 Å². The topological polar surface area (TPSA) is 87.3 Å². The van der Waals surface area contributed by atoms with Crippen molar-refractivity contribution in [2.75, 3.05) is 5.32 Å². The summed E-state index contributed by atoms with van der Waals surface area (Å²) in [4.78, 5) is 35.9. The average Bonchev–Trinajstić information content (AvgIpc) is 2.76. The minimum atomic E-state index is -5.11. The van der Waals surface area contributed by atoms with Gasteiger partial charge in [0.25, 0.3) is 5.91 Å². The molecule has 0 atom stereocenters. The van der Waals surface area contributed by atoms with Crippen LogP contribution in [0.15, 0.2) is 42.5 Å². The van der Waals surface area contributed by atoms with Crippen LogP contribution in [0.4, 0.5) is 32.0 Å². The van der Waals surface area contributed by atoms with E-state index in [1.54, 1.807) is 17.6 Å². The first kappa shape index (κ1) is 27.7. The summed E-state index contributed by atoms with van der Waals surface area (Å²) >= 11 is 0. The van der Waals surface area contributed by atoms with E-state index in [-0.39, 0.29) is 43.4 Å². The third-order valence-electron chi connectivity index (χ3n) is 4.83. The number of benzene rings is 2. The Hall–Kier alpha value is -3.57.